The largest absolute Gasteiger partial charge is 0.465 e. The molecule has 0 fully saturated rings. The highest BCUT2D eigenvalue weighted by molar-refractivity contribution is 6.36. The quantitative estimate of drug-likeness (QED) is 0.274. The molecule has 5 nitrogen and oxygen atoms in total. The van der Waals surface area contributed by atoms with Gasteiger partial charge in [-0.2, -0.15) is 0 Å². The number of fused-ring (bicyclic) bond motifs is 1. The lowest BCUT2D eigenvalue weighted by atomic mass is 9.98. The second kappa shape index (κ2) is 11.3. The fourth-order valence-electron chi connectivity index (χ4n) is 4.29. The maximum Gasteiger partial charge on any atom is 0.323 e. The summed E-state index contributed by atoms with van der Waals surface area (Å²) in [6.45, 7) is 3.79. The van der Waals surface area contributed by atoms with Crippen molar-refractivity contribution >= 4 is 40.1 Å². The first kappa shape index (κ1) is 26.0. The standard InChI is InChI=1S/C29H27Cl2NO4/c1-3-35-29(34)25(32)16-18-14-23(30)21(24(31)15-18)13-12-20-10-7-11-22-26(33)17(2)27(36-28(20)22)19-8-5-4-6-9-19/h4-11,14-15,25H,3,12-13,16,32H2,1-2H3. The molecule has 3 aromatic carbocycles. The Bertz CT molecular complexity index is 1440. The van der Waals surface area contributed by atoms with Gasteiger partial charge in [0.1, 0.15) is 17.4 Å². The Morgan fingerprint density at radius 3 is 2.39 bits per heavy atom. The Kier molecular flexibility index (Phi) is 8.14. The fourth-order valence-corrected chi connectivity index (χ4v) is 5.01. The van der Waals surface area contributed by atoms with Gasteiger partial charge in [0.2, 0.25) is 0 Å². The van der Waals surface area contributed by atoms with Crippen LogP contribution in [0.4, 0.5) is 0 Å². The molecular weight excluding hydrogens is 497 g/mol. The summed E-state index contributed by atoms with van der Waals surface area (Å²) >= 11 is 13.2. The average Bonchev–Trinajstić information content (AvgIpc) is 2.86. The summed E-state index contributed by atoms with van der Waals surface area (Å²) in [4.78, 5) is 25.0. The second-order valence-corrected chi connectivity index (χ2v) is 9.46. The summed E-state index contributed by atoms with van der Waals surface area (Å²) < 4.78 is 11.3. The first-order valence-corrected chi connectivity index (χ1v) is 12.6. The minimum absolute atomic E-state index is 0.0460. The van der Waals surface area contributed by atoms with E-state index in [2.05, 4.69) is 0 Å². The molecule has 4 rings (SSSR count). The van der Waals surface area contributed by atoms with E-state index in [0.717, 1.165) is 22.3 Å². The van der Waals surface area contributed by atoms with E-state index in [0.29, 0.717) is 45.2 Å². The number of benzene rings is 3. The minimum atomic E-state index is -0.788. The van der Waals surface area contributed by atoms with E-state index in [4.69, 9.17) is 38.1 Å². The van der Waals surface area contributed by atoms with E-state index >= 15 is 0 Å². The Balaban J connectivity index is 1.62. The molecule has 0 aliphatic heterocycles. The molecular formula is C29H27Cl2NO4. The number of para-hydroxylation sites is 1. The Morgan fingerprint density at radius 2 is 1.72 bits per heavy atom. The zero-order chi connectivity index (χ0) is 25.8. The van der Waals surface area contributed by atoms with E-state index in [1.165, 1.54) is 0 Å². The van der Waals surface area contributed by atoms with Crippen LogP contribution in [0.1, 0.15) is 29.2 Å². The molecule has 0 aliphatic rings. The lowest BCUT2D eigenvalue weighted by Crippen LogP contribution is -2.34. The van der Waals surface area contributed by atoms with Gasteiger partial charge in [0, 0.05) is 21.2 Å². The van der Waals surface area contributed by atoms with Crippen LogP contribution in [0.2, 0.25) is 10.0 Å². The third kappa shape index (κ3) is 5.49. The Hall–Kier alpha value is -3.12. The molecule has 1 heterocycles. The second-order valence-electron chi connectivity index (χ2n) is 8.65. The fraction of sp³-hybridized carbons (Fsp3) is 0.241. The number of esters is 1. The highest BCUT2D eigenvalue weighted by Gasteiger charge is 2.18. The van der Waals surface area contributed by atoms with E-state index in [1.54, 1.807) is 32.0 Å². The number of ether oxygens (including phenoxy) is 1. The topological polar surface area (TPSA) is 82.5 Å². The Morgan fingerprint density at radius 1 is 1.03 bits per heavy atom. The van der Waals surface area contributed by atoms with Crippen LogP contribution in [-0.2, 0) is 28.8 Å². The van der Waals surface area contributed by atoms with Crippen molar-refractivity contribution < 1.29 is 13.9 Å². The molecule has 0 aliphatic carbocycles. The molecule has 186 valence electrons. The van der Waals surface area contributed by atoms with Gasteiger partial charge >= 0.3 is 5.97 Å². The lowest BCUT2D eigenvalue weighted by Gasteiger charge is -2.14. The van der Waals surface area contributed by atoms with Gasteiger partial charge in [-0.1, -0.05) is 65.7 Å². The zero-order valence-electron chi connectivity index (χ0n) is 20.1. The highest BCUT2D eigenvalue weighted by atomic mass is 35.5. The molecule has 1 aromatic heterocycles. The summed E-state index contributed by atoms with van der Waals surface area (Å²) in [6, 6.07) is 18.0. The van der Waals surface area contributed by atoms with Gasteiger partial charge in [-0.15, -0.1) is 0 Å². The van der Waals surface area contributed by atoms with Crippen LogP contribution in [-0.4, -0.2) is 18.6 Å². The van der Waals surface area contributed by atoms with Crippen molar-refractivity contribution in [1.82, 2.24) is 0 Å². The van der Waals surface area contributed by atoms with Crippen molar-refractivity contribution in [3.8, 4) is 11.3 Å². The normalized spacial score (nSPS) is 12.0. The zero-order valence-corrected chi connectivity index (χ0v) is 21.7. The molecule has 1 unspecified atom stereocenters. The first-order chi connectivity index (χ1) is 17.3. The Labute approximate surface area is 219 Å². The number of hydrogen-bond acceptors (Lipinski definition) is 5. The summed E-state index contributed by atoms with van der Waals surface area (Å²) in [5.74, 6) is 0.107. The van der Waals surface area contributed by atoms with Crippen LogP contribution in [0.15, 0.2) is 69.9 Å². The van der Waals surface area contributed by atoms with Gasteiger partial charge in [0.25, 0.3) is 0 Å². The number of aryl methyl sites for hydroxylation is 1. The van der Waals surface area contributed by atoms with Gasteiger partial charge in [-0.05, 0) is 68.0 Å². The lowest BCUT2D eigenvalue weighted by molar-refractivity contribution is -0.144. The monoisotopic (exact) mass is 523 g/mol. The molecule has 2 N–H and O–H groups in total. The predicted molar refractivity (Wildman–Crippen MR) is 145 cm³/mol. The summed E-state index contributed by atoms with van der Waals surface area (Å²) in [6.07, 6.45) is 1.38. The van der Waals surface area contributed by atoms with Crippen LogP contribution < -0.4 is 11.2 Å². The van der Waals surface area contributed by atoms with E-state index in [1.807, 2.05) is 42.5 Å². The first-order valence-electron chi connectivity index (χ1n) is 11.8. The van der Waals surface area contributed by atoms with E-state index in [-0.39, 0.29) is 18.5 Å². The molecule has 1 atom stereocenters. The molecule has 0 amide bonds. The third-order valence-electron chi connectivity index (χ3n) is 6.15. The summed E-state index contributed by atoms with van der Waals surface area (Å²) in [5.41, 5.74) is 10.3. The number of carbonyl (C=O) groups excluding carboxylic acids is 1. The predicted octanol–water partition coefficient (Wildman–Crippen LogP) is 6.29. The number of carbonyl (C=O) groups is 1. The molecule has 0 saturated heterocycles. The van der Waals surface area contributed by atoms with Crippen molar-refractivity contribution in [1.29, 1.82) is 0 Å². The van der Waals surface area contributed by atoms with Crippen molar-refractivity contribution in [2.24, 2.45) is 5.73 Å². The number of halogens is 2. The van der Waals surface area contributed by atoms with Crippen LogP contribution >= 0.6 is 23.2 Å². The maximum absolute atomic E-state index is 13.1. The molecule has 0 radical (unpaired) electrons. The van der Waals surface area contributed by atoms with E-state index < -0.39 is 12.0 Å². The number of hydrogen-bond donors (Lipinski definition) is 1. The third-order valence-corrected chi connectivity index (χ3v) is 6.83. The van der Waals surface area contributed by atoms with Gasteiger partial charge in [-0.25, -0.2) is 0 Å². The van der Waals surface area contributed by atoms with Crippen molar-refractivity contribution in [2.75, 3.05) is 6.61 Å². The maximum atomic E-state index is 13.1. The molecule has 0 bridgehead atoms. The number of nitrogens with two attached hydrogens (primary N) is 1. The highest BCUT2D eigenvalue weighted by Crippen LogP contribution is 2.31. The summed E-state index contributed by atoms with van der Waals surface area (Å²) in [7, 11) is 0. The van der Waals surface area contributed by atoms with Crippen LogP contribution in [0.3, 0.4) is 0 Å². The van der Waals surface area contributed by atoms with E-state index in [9.17, 15) is 9.59 Å². The smallest absolute Gasteiger partial charge is 0.323 e. The van der Waals surface area contributed by atoms with Gasteiger partial charge < -0.3 is 14.9 Å². The van der Waals surface area contributed by atoms with Crippen LogP contribution in [0.25, 0.3) is 22.3 Å². The summed E-state index contributed by atoms with van der Waals surface area (Å²) in [5, 5.41) is 1.54. The van der Waals surface area contributed by atoms with Gasteiger partial charge in [0.05, 0.1) is 12.0 Å². The van der Waals surface area contributed by atoms with Crippen molar-refractivity contribution in [2.45, 2.75) is 39.2 Å². The number of rotatable bonds is 8. The SMILES string of the molecule is CCOC(=O)C(N)Cc1cc(Cl)c(CCc2cccc3c(=O)c(C)c(-c4ccccc4)oc23)c(Cl)c1. The minimum Gasteiger partial charge on any atom is -0.465 e. The van der Waals surface area contributed by atoms with Crippen LogP contribution in [0, 0.1) is 6.92 Å². The van der Waals surface area contributed by atoms with Crippen molar-refractivity contribution in [3.63, 3.8) is 0 Å². The van der Waals surface area contributed by atoms with Gasteiger partial charge in [0.15, 0.2) is 5.43 Å². The molecule has 7 heteroatoms. The van der Waals surface area contributed by atoms with Gasteiger partial charge in [-0.3, -0.25) is 9.59 Å². The average molecular weight is 524 g/mol. The molecule has 36 heavy (non-hydrogen) atoms. The van der Waals surface area contributed by atoms with Crippen LogP contribution in [0.5, 0.6) is 0 Å². The van der Waals surface area contributed by atoms with Crippen molar-refractivity contribution in [3.05, 3.63) is 103 Å². The molecule has 4 aromatic rings. The molecule has 0 spiro atoms. The molecule has 0 saturated carbocycles.